The fraction of sp³-hybridized carbons (Fsp3) is 0.238. The van der Waals surface area contributed by atoms with E-state index in [0.29, 0.717) is 21.8 Å². The summed E-state index contributed by atoms with van der Waals surface area (Å²) in [6.45, 7) is 1.52. The summed E-state index contributed by atoms with van der Waals surface area (Å²) in [5, 5.41) is 3.25. The van der Waals surface area contributed by atoms with E-state index < -0.39 is 18.0 Å². The van der Waals surface area contributed by atoms with Gasteiger partial charge in [-0.15, -0.1) is 0 Å². The number of amides is 3. The number of halogens is 2. The molecule has 1 aliphatic heterocycles. The highest BCUT2D eigenvalue weighted by Crippen LogP contribution is 2.26. The first-order valence-electron chi connectivity index (χ1n) is 9.18. The molecule has 1 atom stereocenters. The van der Waals surface area contributed by atoms with Crippen LogP contribution in [-0.4, -0.2) is 41.2 Å². The van der Waals surface area contributed by atoms with Crippen LogP contribution < -0.4 is 5.32 Å². The second kappa shape index (κ2) is 9.28. The van der Waals surface area contributed by atoms with Crippen LogP contribution in [0.15, 0.2) is 42.5 Å². The Labute approximate surface area is 182 Å². The molecule has 0 aliphatic carbocycles. The van der Waals surface area contributed by atoms with Gasteiger partial charge in [0, 0.05) is 18.0 Å². The Morgan fingerprint density at radius 1 is 1.07 bits per heavy atom. The van der Waals surface area contributed by atoms with E-state index in [9.17, 15) is 19.2 Å². The van der Waals surface area contributed by atoms with Crippen molar-refractivity contribution in [2.24, 2.45) is 0 Å². The molecule has 0 aromatic heterocycles. The maximum absolute atomic E-state index is 12.3. The molecule has 1 N–H and O–H groups in total. The molecule has 30 heavy (non-hydrogen) atoms. The van der Waals surface area contributed by atoms with E-state index >= 15 is 0 Å². The van der Waals surface area contributed by atoms with E-state index in [1.54, 1.807) is 36.4 Å². The monoisotopic (exact) mass is 448 g/mol. The van der Waals surface area contributed by atoms with Gasteiger partial charge in [-0.05, 0) is 43.7 Å². The Hall–Kier alpha value is -2.90. The summed E-state index contributed by atoms with van der Waals surface area (Å²) in [5.74, 6) is -1.92. The third kappa shape index (κ3) is 4.80. The van der Waals surface area contributed by atoms with Crippen molar-refractivity contribution < 1.29 is 23.9 Å². The van der Waals surface area contributed by atoms with Gasteiger partial charge in [0.15, 0.2) is 6.10 Å². The summed E-state index contributed by atoms with van der Waals surface area (Å²) < 4.78 is 5.12. The van der Waals surface area contributed by atoms with Gasteiger partial charge >= 0.3 is 5.97 Å². The largest absolute Gasteiger partial charge is 0.453 e. The van der Waals surface area contributed by atoms with Crippen LogP contribution in [0.1, 0.15) is 40.5 Å². The number of carbonyl (C=O) groups is 4. The van der Waals surface area contributed by atoms with Gasteiger partial charge in [0.2, 0.25) is 0 Å². The van der Waals surface area contributed by atoms with Crippen molar-refractivity contribution in [3.63, 3.8) is 0 Å². The first-order valence-corrected chi connectivity index (χ1v) is 9.94. The van der Waals surface area contributed by atoms with Crippen molar-refractivity contribution in [1.29, 1.82) is 0 Å². The third-order valence-electron chi connectivity index (χ3n) is 4.51. The van der Waals surface area contributed by atoms with Crippen LogP contribution in [0.5, 0.6) is 0 Å². The number of hydrogen-bond donors (Lipinski definition) is 1. The van der Waals surface area contributed by atoms with Crippen LogP contribution in [0.2, 0.25) is 10.0 Å². The van der Waals surface area contributed by atoms with Crippen LogP contribution in [0.4, 0.5) is 5.69 Å². The van der Waals surface area contributed by atoms with Gasteiger partial charge in [0.05, 0.1) is 21.8 Å². The van der Waals surface area contributed by atoms with Gasteiger partial charge in [0.25, 0.3) is 17.7 Å². The van der Waals surface area contributed by atoms with Crippen LogP contribution in [0, 0.1) is 0 Å². The molecule has 0 radical (unpaired) electrons. The molecule has 0 bridgehead atoms. The number of fused-ring (bicyclic) bond motifs is 1. The van der Waals surface area contributed by atoms with Gasteiger partial charge in [-0.3, -0.25) is 24.1 Å². The molecule has 0 saturated heterocycles. The lowest BCUT2D eigenvalue weighted by molar-refractivity contribution is -0.153. The topological polar surface area (TPSA) is 92.8 Å². The molecular weight excluding hydrogens is 431 g/mol. The molecular formula is C21H18Cl2N2O5. The Balaban J connectivity index is 1.46. The highest BCUT2D eigenvalue weighted by atomic mass is 35.5. The standard InChI is InChI=1S/C21H18Cl2N2O5/c1-12(19(27)24-17-9-8-13(22)11-16(17)23)30-18(26)7-4-10-25-20(28)14-5-2-3-6-15(14)21(25)29/h2-3,5-6,8-9,11-12H,4,7,10H2,1H3,(H,24,27). The van der Waals surface area contributed by atoms with Crippen molar-refractivity contribution >= 4 is 52.6 Å². The quantitative estimate of drug-likeness (QED) is 0.511. The number of carbonyl (C=O) groups excluding carboxylic acids is 4. The molecule has 1 unspecified atom stereocenters. The zero-order valence-corrected chi connectivity index (χ0v) is 17.5. The molecule has 1 heterocycles. The first-order chi connectivity index (χ1) is 14.3. The summed E-state index contributed by atoms with van der Waals surface area (Å²) in [6.07, 6.45) is -0.877. The predicted octanol–water partition coefficient (Wildman–Crippen LogP) is 3.94. The van der Waals surface area contributed by atoms with Crippen LogP contribution in [0.25, 0.3) is 0 Å². The number of benzene rings is 2. The summed E-state index contributed by atoms with van der Waals surface area (Å²) in [5.41, 5.74) is 1.06. The Morgan fingerprint density at radius 3 is 2.30 bits per heavy atom. The predicted molar refractivity (Wildman–Crippen MR) is 112 cm³/mol. The van der Waals surface area contributed by atoms with Crippen molar-refractivity contribution in [3.8, 4) is 0 Å². The molecule has 0 spiro atoms. The van der Waals surface area contributed by atoms with Gasteiger partial charge in [-0.1, -0.05) is 35.3 Å². The fourth-order valence-corrected chi connectivity index (χ4v) is 3.41. The van der Waals surface area contributed by atoms with Gasteiger partial charge in [0.1, 0.15) is 0 Å². The summed E-state index contributed by atoms with van der Waals surface area (Å²) in [4.78, 5) is 49.9. The molecule has 2 aromatic rings. The Bertz CT molecular complexity index is 989. The van der Waals surface area contributed by atoms with E-state index in [2.05, 4.69) is 5.32 Å². The molecule has 2 aromatic carbocycles. The van der Waals surface area contributed by atoms with Gasteiger partial charge in [-0.25, -0.2) is 0 Å². The molecule has 9 heteroatoms. The molecule has 3 amide bonds. The number of ether oxygens (including phenoxy) is 1. The fourth-order valence-electron chi connectivity index (χ4n) is 2.96. The first kappa shape index (κ1) is 21.8. The Morgan fingerprint density at radius 2 is 1.70 bits per heavy atom. The minimum absolute atomic E-state index is 0.0489. The minimum Gasteiger partial charge on any atom is -0.453 e. The van der Waals surface area contributed by atoms with E-state index in [1.165, 1.54) is 13.0 Å². The lowest BCUT2D eigenvalue weighted by atomic mass is 10.1. The molecule has 3 rings (SSSR count). The molecule has 7 nitrogen and oxygen atoms in total. The van der Waals surface area contributed by atoms with Crippen molar-refractivity contribution in [2.45, 2.75) is 25.9 Å². The van der Waals surface area contributed by atoms with Crippen LogP contribution in [0.3, 0.4) is 0 Å². The third-order valence-corrected chi connectivity index (χ3v) is 5.06. The number of esters is 1. The second-order valence-corrected chi connectivity index (χ2v) is 7.50. The number of rotatable bonds is 7. The van der Waals surface area contributed by atoms with E-state index in [4.69, 9.17) is 27.9 Å². The number of anilines is 1. The maximum atomic E-state index is 12.3. The number of imide groups is 1. The van der Waals surface area contributed by atoms with Crippen molar-refractivity contribution in [3.05, 3.63) is 63.6 Å². The summed E-state index contributed by atoms with van der Waals surface area (Å²) in [6, 6.07) is 11.2. The van der Waals surface area contributed by atoms with E-state index in [1.807, 2.05) is 0 Å². The van der Waals surface area contributed by atoms with Crippen LogP contribution >= 0.6 is 23.2 Å². The zero-order chi connectivity index (χ0) is 21.8. The number of nitrogens with one attached hydrogen (secondary N) is 1. The number of nitrogens with zero attached hydrogens (tertiary/aromatic N) is 1. The van der Waals surface area contributed by atoms with Crippen molar-refractivity contribution in [2.75, 3.05) is 11.9 Å². The summed E-state index contributed by atoms with van der Waals surface area (Å²) >= 11 is 11.8. The molecule has 0 saturated carbocycles. The highest BCUT2D eigenvalue weighted by Gasteiger charge is 2.34. The van der Waals surface area contributed by atoms with Gasteiger partial charge in [-0.2, -0.15) is 0 Å². The SMILES string of the molecule is CC(OC(=O)CCCN1C(=O)c2ccccc2C1=O)C(=O)Nc1ccc(Cl)cc1Cl. The summed E-state index contributed by atoms with van der Waals surface area (Å²) in [7, 11) is 0. The lowest BCUT2D eigenvalue weighted by Crippen LogP contribution is -2.32. The average molecular weight is 449 g/mol. The molecule has 1 aliphatic rings. The average Bonchev–Trinajstić information content (AvgIpc) is 2.95. The van der Waals surface area contributed by atoms with E-state index in [-0.39, 0.29) is 36.2 Å². The zero-order valence-electron chi connectivity index (χ0n) is 16.0. The highest BCUT2D eigenvalue weighted by molar-refractivity contribution is 6.36. The lowest BCUT2D eigenvalue weighted by Gasteiger charge is -2.16. The molecule has 0 fully saturated rings. The van der Waals surface area contributed by atoms with Crippen LogP contribution in [-0.2, 0) is 14.3 Å². The second-order valence-electron chi connectivity index (χ2n) is 6.66. The minimum atomic E-state index is -1.05. The Kier molecular flexibility index (Phi) is 6.74. The van der Waals surface area contributed by atoms with Crippen molar-refractivity contribution in [1.82, 2.24) is 4.90 Å². The normalized spacial score (nSPS) is 13.8. The molecule has 156 valence electrons. The smallest absolute Gasteiger partial charge is 0.306 e. The maximum Gasteiger partial charge on any atom is 0.306 e. The number of hydrogen-bond acceptors (Lipinski definition) is 5. The van der Waals surface area contributed by atoms with Gasteiger partial charge < -0.3 is 10.1 Å². The van der Waals surface area contributed by atoms with E-state index in [0.717, 1.165) is 4.90 Å².